The molecular formula is C17H16ClNO2. The molecule has 4 heteroatoms. The second-order valence-electron chi connectivity index (χ2n) is 5.24. The number of morpholine rings is 1. The van der Waals surface area contributed by atoms with Crippen LogP contribution in [-0.4, -0.2) is 12.5 Å². The molecule has 1 N–H and O–H groups in total. The van der Waals surface area contributed by atoms with Crippen molar-refractivity contribution in [3.63, 3.8) is 0 Å². The van der Waals surface area contributed by atoms with Crippen molar-refractivity contribution in [2.24, 2.45) is 0 Å². The van der Waals surface area contributed by atoms with Crippen LogP contribution in [0.15, 0.2) is 48.5 Å². The van der Waals surface area contributed by atoms with Crippen LogP contribution in [0, 0.1) is 6.92 Å². The Morgan fingerprint density at radius 2 is 1.90 bits per heavy atom. The van der Waals surface area contributed by atoms with Crippen molar-refractivity contribution in [1.29, 1.82) is 0 Å². The van der Waals surface area contributed by atoms with Gasteiger partial charge in [-0.05, 0) is 30.2 Å². The molecule has 1 aliphatic rings. The van der Waals surface area contributed by atoms with Crippen LogP contribution >= 0.6 is 11.6 Å². The molecule has 1 heterocycles. The molecule has 3 nitrogen and oxygen atoms in total. The van der Waals surface area contributed by atoms with Crippen molar-refractivity contribution in [3.05, 3.63) is 70.2 Å². The minimum atomic E-state index is -0.203. The highest BCUT2D eigenvalue weighted by molar-refractivity contribution is 6.30. The van der Waals surface area contributed by atoms with Crippen molar-refractivity contribution in [1.82, 2.24) is 5.32 Å². The van der Waals surface area contributed by atoms with Gasteiger partial charge in [-0.25, -0.2) is 0 Å². The van der Waals surface area contributed by atoms with Crippen LogP contribution in [0.4, 0.5) is 0 Å². The maximum absolute atomic E-state index is 11.7. The van der Waals surface area contributed by atoms with Gasteiger partial charge in [0.15, 0.2) is 0 Å². The molecular weight excluding hydrogens is 286 g/mol. The van der Waals surface area contributed by atoms with Crippen LogP contribution in [0.25, 0.3) is 0 Å². The number of carbonyl (C=O) groups is 1. The summed E-state index contributed by atoms with van der Waals surface area (Å²) in [7, 11) is 0. The van der Waals surface area contributed by atoms with E-state index in [2.05, 4.69) is 11.4 Å². The standard InChI is InChI=1S/C17H16ClNO2/c1-11-3-2-4-13(9-11)17-16(19-15(20)10-21-17)12-5-7-14(18)8-6-12/h2-9,16-17H,10H2,1H3,(H,19,20). The van der Waals surface area contributed by atoms with Crippen molar-refractivity contribution in [2.75, 3.05) is 6.61 Å². The summed E-state index contributed by atoms with van der Waals surface area (Å²) in [6.45, 7) is 2.13. The summed E-state index contributed by atoms with van der Waals surface area (Å²) in [5.41, 5.74) is 3.22. The summed E-state index contributed by atoms with van der Waals surface area (Å²) in [4.78, 5) is 11.7. The zero-order valence-electron chi connectivity index (χ0n) is 11.7. The Hall–Kier alpha value is -1.84. The predicted octanol–water partition coefficient (Wildman–Crippen LogP) is 3.58. The van der Waals surface area contributed by atoms with Crippen molar-refractivity contribution in [2.45, 2.75) is 19.1 Å². The van der Waals surface area contributed by atoms with Crippen molar-refractivity contribution in [3.8, 4) is 0 Å². The topological polar surface area (TPSA) is 38.3 Å². The lowest BCUT2D eigenvalue weighted by Crippen LogP contribution is -2.41. The summed E-state index contributed by atoms with van der Waals surface area (Å²) in [6.07, 6.45) is -0.191. The largest absolute Gasteiger partial charge is 0.361 e. The third kappa shape index (κ3) is 3.09. The molecule has 2 unspecified atom stereocenters. The van der Waals surface area contributed by atoms with Gasteiger partial charge in [-0.15, -0.1) is 0 Å². The van der Waals surface area contributed by atoms with Crippen molar-refractivity contribution < 1.29 is 9.53 Å². The van der Waals surface area contributed by atoms with Gasteiger partial charge in [-0.2, -0.15) is 0 Å². The number of benzene rings is 2. The Kier molecular flexibility index (Phi) is 3.95. The Balaban J connectivity index is 1.96. The van der Waals surface area contributed by atoms with E-state index in [0.717, 1.165) is 11.1 Å². The first kappa shape index (κ1) is 14.1. The molecule has 2 atom stereocenters. The third-order valence-electron chi connectivity index (χ3n) is 3.61. The third-order valence-corrected chi connectivity index (χ3v) is 3.86. The summed E-state index contributed by atoms with van der Waals surface area (Å²) in [6, 6.07) is 15.4. The molecule has 1 aliphatic heterocycles. The minimum absolute atomic E-state index is 0.0860. The predicted molar refractivity (Wildman–Crippen MR) is 82.2 cm³/mol. The lowest BCUT2D eigenvalue weighted by atomic mass is 9.93. The average molecular weight is 302 g/mol. The number of rotatable bonds is 2. The highest BCUT2D eigenvalue weighted by atomic mass is 35.5. The van der Waals surface area contributed by atoms with E-state index < -0.39 is 0 Å². The lowest BCUT2D eigenvalue weighted by molar-refractivity contribution is -0.137. The first-order valence-corrected chi connectivity index (χ1v) is 7.24. The molecule has 21 heavy (non-hydrogen) atoms. The normalized spacial score (nSPS) is 21.9. The summed E-state index contributed by atoms with van der Waals surface area (Å²) < 4.78 is 5.78. The first-order chi connectivity index (χ1) is 10.1. The first-order valence-electron chi connectivity index (χ1n) is 6.86. The molecule has 108 valence electrons. The zero-order valence-corrected chi connectivity index (χ0v) is 12.4. The quantitative estimate of drug-likeness (QED) is 0.921. The number of ether oxygens (including phenoxy) is 1. The fraction of sp³-hybridized carbons (Fsp3) is 0.235. The van der Waals surface area contributed by atoms with Crippen molar-refractivity contribution >= 4 is 17.5 Å². The van der Waals surface area contributed by atoms with Gasteiger partial charge < -0.3 is 10.1 Å². The van der Waals surface area contributed by atoms with E-state index in [1.54, 1.807) is 0 Å². The fourth-order valence-electron chi connectivity index (χ4n) is 2.62. The van der Waals surface area contributed by atoms with E-state index in [4.69, 9.17) is 16.3 Å². The monoisotopic (exact) mass is 301 g/mol. The highest BCUT2D eigenvalue weighted by Gasteiger charge is 2.31. The maximum atomic E-state index is 11.7. The van der Waals surface area contributed by atoms with E-state index in [0.29, 0.717) is 5.02 Å². The number of hydrogen-bond acceptors (Lipinski definition) is 2. The Labute approximate surface area is 128 Å². The maximum Gasteiger partial charge on any atom is 0.246 e. The van der Waals surface area contributed by atoms with E-state index in [1.165, 1.54) is 5.56 Å². The van der Waals surface area contributed by atoms with Gasteiger partial charge in [0, 0.05) is 5.02 Å². The number of halogens is 1. The zero-order chi connectivity index (χ0) is 14.8. The SMILES string of the molecule is Cc1cccc(C2OCC(=O)NC2c2ccc(Cl)cc2)c1. The number of hydrogen-bond donors (Lipinski definition) is 1. The molecule has 0 spiro atoms. The van der Waals surface area contributed by atoms with E-state index in [1.807, 2.05) is 49.4 Å². The molecule has 1 saturated heterocycles. The van der Waals surface area contributed by atoms with Crippen LogP contribution in [0.2, 0.25) is 5.02 Å². The van der Waals surface area contributed by atoms with Gasteiger partial charge in [0.2, 0.25) is 5.91 Å². The van der Waals surface area contributed by atoms with E-state index in [-0.39, 0.29) is 24.7 Å². The van der Waals surface area contributed by atoms with E-state index >= 15 is 0 Å². The van der Waals surface area contributed by atoms with Crippen LogP contribution in [0.5, 0.6) is 0 Å². The van der Waals surface area contributed by atoms with Crippen LogP contribution in [0.1, 0.15) is 28.8 Å². The molecule has 0 aliphatic carbocycles. The number of aryl methyl sites for hydroxylation is 1. The molecule has 3 rings (SSSR count). The molecule has 1 amide bonds. The molecule has 0 radical (unpaired) electrons. The second kappa shape index (κ2) is 5.88. The smallest absolute Gasteiger partial charge is 0.246 e. The van der Waals surface area contributed by atoms with Gasteiger partial charge in [-0.3, -0.25) is 4.79 Å². The van der Waals surface area contributed by atoms with E-state index in [9.17, 15) is 4.79 Å². The summed E-state index contributed by atoms with van der Waals surface area (Å²) in [5, 5.41) is 3.69. The molecule has 0 bridgehead atoms. The van der Waals surface area contributed by atoms with Crippen LogP contribution in [0.3, 0.4) is 0 Å². The highest BCUT2D eigenvalue weighted by Crippen LogP contribution is 2.35. The van der Waals surface area contributed by atoms with Crippen LogP contribution < -0.4 is 5.32 Å². The minimum Gasteiger partial charge on any atom is -0.361 e. The molecule has 2 aromatic rings. The number of amides is 1. The molecule has 2 aromatic carbocycles. The lowest BCUT2D eigenvalue weighted by Gasteiger charge is -2.33. The molecule has 0 saturated carbocycles. The Bertz CT molecular complexity index is 654. The Morgan fingerprint density at radius 1 is 1.14 bits per heavy atom. The van der Waals surface area contributed by atoms with Gasteiger partial charge in [-0.1, -0.05) is 53.6 Å². The van der Waals surface area contributed by atoms with Crippen LogP contribution in [-0.2, 0) is 9.53 Å². The summed E-state index contributed by atoms with van der Waals surface area (Å²) >= 11 is 5.93. The summed E-state index contributed by atoms with van der Waals surface area (Å²) in [5.74, 6) is -0.0983. The number of nitrogens with one attached hydrogen (secondary N) is 1. The molecule has 1 fully saturated rings. The van der Waals surface area contributed by atoms with Gasteiger partial charge >= 0.3 is 0 Å². The second-order valence-corrected chi connectivity index (χ2v) is 5.68. The fourth-order valence-corrected chi connectivity index (χ4v) is 2.74. The average Bonchev–Trinajstić information content (AvgIpc) is 2.48. The van der Waals surface area contributed by atoms with Gasteiger partial charge in [0.25, 0.3) is 0 Å². The molecule has 0 aromatic heterocycles. The number of carbonyl (C=O) groups excluding carboxylic acids is 1. The Morgan fingerprint density at radius 3 is 2.62 bits per heavy atom. The van der Waals surface area contributed by atoms with Gasteiger partial charge in [0.1, 0.15) is 12.7 Å². The van der Waals surface area contributed by atoms with Gasteiger partial charge in [0.05, 0.1) is 6.04 Å².